The molecule has 0 saturated carbocycles. The normalized spacial score (nSPS) is 9.40. The summed E-state index contributed by atoms with van der Waals surface area (Å²) in [5, 5.41) is 2.88. The summed E-state index contributed by atoms with van der Waals surface area (Å²) in [6.45, 7) is 11.2. The molecule has 0 unspecified atom stereocenters. The number of amides is 2. The van der Waals surface area contributed by atoms with E-state index in [9.17, 15) is 4.79 Å². The molecule has 2 amide bonds. The van der Waals surface area contributed by atoms with E-state index in [4.69, 9.17) is 0 Å². The van der Waals surface area contributed by atoms with E-state index >= 15 is 0 Å². The predicted molar refractivity (Wildman–Crippen MR) is 64.9 cm³/mol. The summed E-state index contributed by atoms with van der Waals surface area (Å²) >= 11 is 0. The Labute approximate surface area is 92.8 Å². The molecule has 0 rings (SSSR count). The molecule has 0 aliphatic heterocycles. The first-order valence-electron chi connectivity index (χ1n) is 5.50. The highest BCUT2D eigenvalue weighted by atomic mass is 16.2. The summed E-state index contributed by atoms with van der Waals surface area (Å²) < 4.78 is 0. The highest BCUT2D eigenvalue weighted by Crippen LogP contribution is 1.94. The van der Waals surface area contributed by atoms with Crippen LogP contribution in [0.4, 0.5) is 4.79 Å². The summed E-state index contributed by atoms with van der Waals surface area (Å²) in [7, 11) is 0. The topological polar surface area (TPSA) is 32.3 Å². The number of hydrogen-bond donors (Lipinski definition) is 1. The lowest BCUT2D eigenvalue weighted by atomic mass is 10.2. The molecule has 0 aromatic heterocycles. The Morgan fingerprint density at radius 3 is 2.33 bits per heavy atom. The van der Waals surface area contributed by atoms with Gasteiger partial charge in [0.1, 0.15) is 0 Å². The van der Waals surface area contributed by atoms with Gasteiger partial charge in [0.15, 0.2) is 0 Å². The van der Waals surface area contributed by atoms with Gasteiger partial charge < -0.3 is 10.2 Å². The van der Waals surface area contributed by atoms with Gasteiger partial charge in [0, 0.05) is 19.6 Å². The monoisotopic (exact) mass is 210 g/mol. The third-order valence-corrected chi connectivity index (χ3v) is 2.04. The maximum atomic E-state index is 11.6. The van der Waals surface area contributed by atoms with Crippen molar-refractivity contribution in [2.24, 2.45) is 0 Å². The Balaban J connectivity index is 3.80. The smallest absolute Gasteiger partial charge is 0.317 e. The van der Waals surface area contributed by atoms with Gasteiger partial charge in [-0.1, -0.05) is 31.9 Å². The van der Waals surface area contributed by atoms with Gasteiger partial charge in [0.25, 0.3) is 0 Å². The van der Waals surface area contributed by atoms with Gasteiger partial charge in [-0.05, 0) is 6.42 Å². The number of hydrogen-bond acceptors (Lipinski definition) is 1. The highest BCUT2D eigenvalue weighted by molar-refractivity contribution is 5.74. The van der Waals surface area contributed by atoms with Crippen LogP contribution in [-0.2, 0) is 0 Å². The van der Waals surface area contributed by atoms with Crippen LogP contribution in [0.15, 0.2) is 25.3 Å². The van der Waals surface area contributed by atoms with Gasteiger partial charge in [-0.25, -0.2) is 4.79 Å². The van der Waals surface area contributed by atoms with Gasteiger partial charge in [-0.15, -0.1) is 13.2 Å². The largest absolute Gasteiger partial charge is 0.338 e. The third-order valence-electron chi connectivity index (χ3n) is 2.04. The van der Waals surface area contributed by atoms with E-state index in [-0.39, 0.29) is 6.03 Å². The van der Waals surface area contributed by atoms with Crippen LogP contribution < -0.4 is 5.32 Å². The Bertz CT molecular complexity index is 192. The number of nitrogens with zero attached hydrogens (tertiary/aromatic N) is 1. The van der Waals surface area contributed by atoms with Crippen LogP contribution in [0.25, 0.3) is 0 Å². The fourth-order valence-electron chi connectivity index (χ4n) is 1.23. The van der Waals surface area contributed by atoms with Gasteiger partial charge in [0.2, 0.25) is 0 Å². The first-order chi connectivity index (χ1) is 7.26. The molecule has 0 atom stereocenters. The maximum absolute atomic E-state index is 11.6. The van der Waals surface area contributed by atoms with Crippen molar-refractivity contribution in [2.75, 3.05) is 19.6 Å². The summed E-state index contributed by atoms with van der Waals surface area (Å²) in [6.07, 6.45) is 6.80. The van der Waals surface area contributed by atoms with Crippen LogP contribution in [0.1, 0.15) is 26.2 Å². The molecule has 0 saturated heterocycles. The number of carbonyl (C=O) groups excluding carboxylic acids is 1. The quantitative estimate of drug-likeness (QED) is 0.484. The van der Waals surface area contributed by atoms with Crippen LogP contribution in [0, 0.1) is 0 Å². The lowest BCUT2D eigenvalue weighted by molar-refractivity contribution is 0.208. The molecule has 0 fully saturated rings. The minimum absolute atomic E-state index is 0.0362. The zero-order valence-electron chi connectivity index (χ0n) is 9.67. The fourth-order valence-corrected chi connectivity index (χ4v) is 1.23. The molecule has 0 heterocycles. The molecule has 0 aromatic carbocycles. The first kappa shape index (κ1) is 13.8. The molecule has 0 aliphatic rings. The molecular weight excluding hydrogens is 188 g/mol. The standard InChI is InChI=1S/C12H22N2O/c1-4-7-8-9-13-12(15)14(10-5-2)11-6-3/h5-6H,2-4,7-11H2,1H3,(H,13,15). The van der Waals surface area contributed by atoms with Crippen molar-refractivity contribution in [1.29, 1.82) is 0 Å². The van der Waals surface area contributed by atoms with E-state index in [1.54, 1.807) is 17.1 Å². The van der Waals surface area contributed by atoms with Crippen molar-refractivity contribution in [3.8, 4) is 0 Å². The Kier molecular flexibility index (Phi) is 8.53. The molecule has 15 heavy (non-hydrogen) atoms. The van der Waals surface area contributed by atoms with Crippen molar-refractivity contribution in [3.05, 3.63) is 25.3 Å². The summed E-state index contributed by atoms with van der Waals surface area (Å²) in [6, 6.07) is -0.0362. The van der Waals surface area contributed by atoms with E-state index in [1.165, 1.54) is 6.42 Å². The second-order valence-corrected chi connectivity index (χ2v) is 3.42. The van der Waals surface area contributed by atoms with Gasteiger partial charge >= 0.3 is 6.03 Å². The molecule has 0 aliphatic carbocycles. The Morgan fingerprint density at radius 2 is 1.87 bits per heavy atom. The minimum Gasteiger partial charge on any atom is -0.338 e. The summed E-state index contributed by atoms with van der Waals surface area (Å²) in [5.74, 6) is 0. The van der Waals surface area contributed by atoms with Crippen molar-refractivity contribution in [1.82, 2.24) is 10.2 Å². The van der Waals surface area contributed by atoms with Gasteiger partial charge in [0.05, 0.1) is 0 Å². The minimum atomic E-state index is -0.0362. The first-order valence-corrected chi connectivity index (χ1v) is 5.50. The van der Waals surface area contributed by atoms with Gasteiger partial charge in [-0.2, -0.15) is 0 Å². The molecule has 0 spiro atoms. The van der Waals surface area contributed by atoms with Gasteiger partial charge in [-0.3, -0.25) is 0 Å². The second kappa shape index (κ2) is 9.31. The molecule has 0 bridgehead atoms. The second-order valence-electron chi connectivity index (χ2n) is 3.42. The fraction of sp³-hybridized carbons (Fsp3) is 0.583. The number of carbonyl (C=O) groups is 1. The molecule has 1 N–H and O–H groups in total. The number of unbranched alkanes of at least 4 members (excludes halogenated alkanes) is 2. The Morgan fingerprint density at radius 1 is 1.27 bits per heavy atom. The molecule has 0 radical (unpaired) electrons. The van der Waals surface area contributed by atoms with E-state index in [1.807, 2.05) is 0 Å². The van der Waals surface area contributed by atoms with Crippen molar-refractivity contribution < 1.29 is 4.79 Å². The van der Waals surface area contributed by atoms with Crippen LogP contribution in [-0.4, -0.2) is 30.6 Å². The summed E-state index contributed by atoms with van der Waals surface area (Å²) in [4.78, 5) is 13.3. The van der Waals surface area contributed by atoms with Crippen LogP contribution >= 0.6 is 0 Å². The van der Waals surface area contributed by atoms with Crippen molar-refractivity contribution in [2.45, 2.75) is 26.2 Å². The predicted octanol–water partition coefficient (Wildman–Crippen LogP) is 2.56. The zero-order chi connectivity index (χ0) is 11.5. The van der Waals surface area contributed by atoms with Crippen LogP contribution in [0.3, 0.4) is 0 Å². The Hall–Kier alpha value is -1.25. The number of nitrogens with one attached hydrogen (secondary N) is 1. The number of urea groups is 1. The molecule has 0 aromatic rings. The van der Waals surface area contributed by atoms with E-state index in [2.05, 4.69) is 25.4 Å². The number of rotatable bonds is 8. The van der Waals surface area contributed by atoms with Crippen molar-refractivity contribution >= 4 is 6.03 Å². The van der Waals surface area contributed by atoms with Crippen LogP contribution in [0.2, 0.25) is 0 Å². The highest BCUT2D eigenvalue weighted by Gasteiger charge is 2.08. The lowest BCUT2D eigenvalue weighted by Crippen LogP contribution is -2.40. The van der Waals surface area contributed by atoms with Crippen molar-refractivity contribution in [3.63, 3.8) is 0 Å². The van der Waals surface area contributed by atoms with E-state index < -0.39 is 0 Å². The molecule has 3 heteroatoms. The SMILES string of the molecule is C=CCN(CC=C)C(=O)NCCCCC. The lowest BCUT2D eigenvalue weighted by Gasteiger charge is -2.19. The zero-order valence-corrected chi connectivity index (χ0v) is 9.67. The van der Waals surface area contributed by atoms with Crippen LogP contribution in [0.5, 0.6) is 0 Å². The summed E-state index contributed by atoms with van der Waals surface area (Å²) in [5.41, 5.74) is 0. The van der Waals surface area contributed by atoms with E-state index in [0.717, 1.165) is 19.4 Å². The molecular formula is C12H22N2O. The average molecular weight is 210 g/mol. The molecule has 86 valence electrons. The average Bonchev–Trinajstić information content (AvgIpc) is 2.24. The van der Waals surface area contributed by atoms with E-state index in [0.29, 0.717) is 13.1 Å². The molecule has 3 nitrogen and oxygen atoms in total. The third kappa shape index (κ3) is 6.77. The maximum Gasteiger partial charge on any atom is 0.317 e.